The Bertz CT molecular complexity index is 485. The lowest BCUT2D eigenvalue weighted by Crippen LogP contribution is -1.90. The Morgan fingerprint density at radius 1 is 0.842 bits per heavy atom. The van der Waals surface area contributed by atoms with Crippen molar-refractivity contribution in [1.82, 2.24) is 4.98 Å². The molecule has 0 aliphatic rings. The topological polar surface area (TPSA) is 12.9 Å². The molecule has 0 saturated heterocycles. The van der Waals surface area contributed by atoms with Crippen LogP contribution in [0.4, 0.5) is 0 Å². The third-order valence-corrected chi connectivity index (χ3v) is 3.69. The first-order valence-corrected chi connectivity index (χ1v) is 7.53. The fraction of sp³-hybridized carbons (Fsp3) is 0.444. The molecule has 1 nitrogen and oxygen atoms in total. The highest BCUT2D eigenvalue weighted by molar-refractivity contribution is 5.81. The molecule has 0 N–H and O–H groups in total. The third-order valence-electron chi connectivity index (χ3n) is 3.69. The van der Waals surface area contributed by atoms with Gasteiger partial charge in [-0.15, -0.1) is 0 Å². The van der Waals surface area contributed by atoms with Crippen LogP contribution < -0.4 is 0 Å². The number of aromatic nitrogens is 1. The van der Waals surface area contributed by atoms with Crippen molar-refractivity contribution in [2.45, 2.75) is 51.4 Å². The highest BCUT2D eigenvalue weighted by Crippen LogP contribution is 2.18. The number of unbranched alkanes of at least 4 members (excludes halogenated alkanes) is 6. The molecule has 0 bridgehead atoms. The first kappa shape index (κ1) is 14.0. The van der Waals surface area contributed by atoms with Crippen molar-refractivity contribution >= 4 is 10.9 Å². The zero-order valence-electron chi connectivity index (χ0n) is 11.8. The fourth-order valence-corrected chi connectivity index (χ4v) is 2.57. The van der Waals surface area contributed by atoms with Gasteiger partial charge in [-0.25, -0.2) is 0 Å². The molecule has 1 heteroatoms. The van der Waals surface area contributed by atoms with Gasteiger partial charge in [0.25, 0.3) is 0 Å². The molecular formula is C18H24N. The second-order valence-electron chi connectivity index (χ2n) is 5.21. The predicted molar refractivity (Wildman–Crippen MR) is 83.1 cm³/mol. The van der Waals surface area contributed by atoms with Crippen LogP contribution in [-0.2, 0) is 6.42 Å². The molecule has 19 heavy (non-hydrogen) atoms. The lowest BCUT2D eigenvalue weighted by Gasteiger charge is -2.06. The van der Waals surface area contributed by atoms with Crippen molar-refractivity contribution < 1.29 is 0 Å². The Balaban J connectivity index is 1.78. The Hall–Kier alpha value is -1.37. The summed E-state index contributed by atoms with van der Waals surface area (Å²) in [5, 5.41) is 1.32. The molecule has 0 unspecified atom stereocenters. The Morgan fingerprint density at radius 2 is 1.58 bits per heavy atom. The smallest absolute Gasteiger partial charge is 0.0704 e. The van der Waals surface area contributed by atoms with Crippen LogP contribution in [0.15, 0.2) is 36.5 Å². The molecule has 2 aromatic rings. The number of benzene rings is 1. The second-order valence-corrected chi connectivity index (χ2v) is 5.21. The summed E-state index contributed by atoms with van der Waals surface area (Å²) in [6.45, 7) is 3.88. The van der Waals surface area contributed by atoms with Crippen molar-refractivity contribution in [1.29, 1.82) is 0 Å². The minimum atomic E-state index is 1.09. The summed E-state index contributed by atoms with van der Waals surface area (Å²) >= 11 is 0. The minimum Gasteiger partial charge on any atom is -0.256 e. The number of aryl methyl sites for hydroxylation is 1. The Morgan fingerprint density at radius 3 is 2.42 bits per heavy atom. The maximum absolute atomic E-state index is 4.41. The molecular weight excluding hydrogens is 230 g/mol. The molecule has 0 spiro atoms. The highest BCUT2D eigenvalue weighted by Gasteiger charge is 2.00. The van der Waals surface area contributed by atoms with Crippen LogP contribution in [0.1, 0.15) is 50.5 Å². The molecule has 1 aromatic carbocycles. The summed E-state index contributed by atoms with van der Waals surface area (Å²) in [4.78, 5) is 4.41. The fourth-order valence-electron chi connectivity index (χ4n) is 2.57. The Labute approximate surface area is 117 Å². The third kappa shape index (κ3) is 4.34. The predicted octanol–water partition coefficient (Wildman–Crippen LogP) is 5.34. The highest BCUT2D eigenvalue weighted by atomic mass is 14.6. The monoisotopic (exact) mass is 254 g/mol. The van der Waals surface area contributed by atoms with Crippen LogP contribution >= 0.6 is 0 Å². The maximum Gasteiger partial charge on any atom is 0.0704 e. The molecule has 101 valence electrons. The molecule has 0 aliphatic heterocycles. The van der Waals surface area contributed by atoms with Crippen LogP contribution in [-0.4, -0.2) is 4.98 Å². The number of hydrogen-bond acceptors (Lipinski definition) is 1. The van der Waals surface area contributed by atoms with Gasteiger partial charge in [0.2, 0.25) is 0 Å². The van der Waals surface area contributed by atoms with Crippen molar-refractivity contribution in [3.8, 4) is 0 Å². The van der Waals surface area contributed by atoms with Gasteiger partial charge in [-0.2, -0.15) is 0 Å². The van der Waals surface area contributed by atoms with Crippen molar-refractivity contribution in [2.24, 2.45) is 0 Å². The van der Waals surface area contributed by atoms with Crippen LogP contribution in [0, 0.1) is 6.92 Å². The summed E-state index contributed by atoms with van der Waals surface area (Å²) in [6.07, 6.45) is 12.2. The van der Waals surface area contributed by atoms with Gasteiger partial charge in [0.1, 0.15) is 0 Å². The molecule has 2 rings (SSSR count). The summed E-state index contributed by atoms with van der Waals surface area (Å²) in [5.41, 5.74) is 2.57. The molecule has 1 heterocycles. The van der Waals surface area contributed by atoms with Gasteiger partial charge in [-0.3, -0.25) is 4.98 Å². The standard InChI is InChI=1S/C18H24N/c1-2-3-4-5-6-7-8-11-16-14-15-19-18-13-10-9-12-17(16)18/h9-10,12-15H,1-8,11H2. The number of para-hydroxylation sites is 1. The zero-order chi connectivity index (χ0) is 13.3. The van der Waals surface area contributed by atoms with E-state index < -0.39 is 0 Å². The summed E-state index contributed by atoms with van der Waals surface area (Å²) in [5.74, 6) is 0. The van der Waals surface area contributed by atoms with E-state index in [1.165, 1.54) is 55.9 Å². The lowest BCUT2D eigenvalue weighted by atomic mass is 10.0. The molecule has 1 radical (unpaired) electrons. The number of fused-ring (bicyclic) bond motifs is 1. The number of pyridine rings is 1. The SMILES string of the molecule is [CH2]CCCCCCCCc1ccnc2ccccc12. The molecule has 0 amide bonds. The van der Waals surface area contributed by atoms with E-state index in [9.17, 15) is 0 Å². The van der Waals surface area contributed by atoms with E-state index in [0.29, 0.717) is 0 Å². The van der Waals surface area contributed by atoms with E-state index in [1.807, 2.05) is 6.20 Å². The van der Waals surface area contributed by atoms with E-state index in [1.54, 1.807) is 0 Å². The first-order valence-electron chi connectivity index (χ1n) is 7.53. The largest absolute Gasteiger partial charge is 0.256 e. The molecule has 0 atom stereocenters. The average molecular weight is 254 g/mol. The lowest BCUT2D eigenvalue weighted by molar-refractivity contribution is 0.597. The van der Waals surface area contributed by atoms with Crippen LogP contribution in [0.2, 0.25) is 0 Å². The van der Waals surface area contributed by atoms with Gasteiger partial charge in [0, 0.05) is 11.6 Å². The van der Waals surface area contributed by atoms with Crippen LogP contribution in [0.25, 0.3) is 10.9 Å². The first-order chi connectivity index (χ1) is 9.42. The zero-order valence-corrected chi connectivity index (χ0v) is 11.8. The van der Waals surface area contributed by atoms with Gasteiger partial charge in [0.15, 0.2) is 0 Å². The van der Waals surface area contributed by atoms with E-state index in [0.717, 1.165) is 11.9 Å². The average Bonchev–Trinajstić information content (AvgIpc) is 2.46. The van der Waals surface area contributed by atoms with E-state index in [-0.39, 0.29) is 0 Å². The van der Waals surface area contributed by atoms with Gasteiger partial charge in [-0.1, -0.05) is 63.6 Å². The number of nitrogens with zero attached hydrogens (tertiary/aromatic N) is 1. The number of hydrogen-bond donors (Lipinski definition) is 0. The van der Waals surface area contributed by atoms with E-state index in [2.05, 4.69) is 42.2 Å². The van der Waals surface area contributed by atoms with Gasteiger partial charge >= 0.3 is 0 Å². The van der Waals surface area contributed by atoms with E-state index in [4.69, 9.17) is 0 Å². The quantitative estimate of drug-likeness (QED) is 0.579. The van der Waals surface area contributed by atoms with E-state index >= 15 is 0 Å². The number of rotatable bonds is 8. The van der Waals surface area contributed by atoms with Crippen LogP contribution in [0.5, 0.6) is 0 Å². The molecule has 1 aromatic heterocycles. The summed E-state index contributed by atoms with van der Waals surface area (Å²) < 4.78 is 0. The summed E-state index contributed by atoms with van der Waals surface area (Å²) in [7, 11) is 0. The van der Waals surface area contributed by atoms with Crippen molar-refractivity contribution in [3.63, 3.8) is 0 Å². The Kier molecular flexibility index (Phi) is 5.87. The van der Waals surface area contributed by atoms with Crippen LogP contribution in [0.3, 0.4) is 0 Å². The maximum atomic E-state index is 4.41. The second kappa shape index (κ2) is 7.93. The minimum absolute atomic E-state index is 1.09. The normalized spacial score (nSPS) is 11.0. The van der Waals surface area contributed by atoms with Gasteiger partial charge in [0.05, 0.1) is 5.52 Å². The molecule has 0 fully saturated rings. The summed E-state index contributed by atoms with van der Waals surface area (Å²) in [6, 6.07) is 10.6. The van der Waals surface area contributed by atoms with Crippen molar-refractivity contribution in [2.75, 3.05) is 0 Å². The van der Waals surface area contributed by atoms with Gasteiger partial charge < -0.3 is 0 Å². The molecule has 0 saturated carbocycles. The van der Waals surface area contributed by atoms with Gasteiger partial charge in [-0.05, 0) is 30.5 Å². The molecule has 0 aliphatic carbocycles. The van der Waals surface area contributed by atoms with Crippen molar-refractivity contribution in [3.05, 3.63) is 49.0 Å².